The minimum Gasteiger partial charge on any atom is -0.497 e. The number of anilines is 1. The molecule has 0 fully saturated rings. The first-order valence-corrected chi connectivity index (χ1v) is 9.57. The summed E-state index contributed by atoms with van der Waals surface area (Å²) < 4.78 is 15.6. The largest absolute Gasteiger partial charge is 0.497 e. The molecule has 0 aliphatic carbocycles. The third kappa shape index (κ3) is 3.89. The van der Waals surface area contributed by atoms with E-state index in [9.17, 15) is 14.4 Å². The number of amides is 3. The molecule has 0 aromatic heterocycles. The molecule has 0 spiro atoms. The summed E-state index contributed by atoms with van der Waals surface area (Å²) in [6.07, 6.45) is 0. The number of cyclic esters (lactones) is 1. The lowest BCUT2D eigenvalue weighted by Crippen LogP contribution is -2.49. The summed E-state index contributed by atoms with van der Waals surface area (Å²) in [5.74, 6) is 0.0295. The maximum absolute atomic E-state index is 12.8. The van der Waals surface area contributed by atoms with E-state index in [1.54, 1.807) is 18.2 Å². The lowest BCUT2D eigenvalue weighted by atomic mass is 9.96. The van der Waals surface area contributed by atoms with Crippen molar-refractivity contribution >= 4 is 23.6 Å². The van der Waals surface area contributed by atoms with E-state index in [0.717, 1.165) is 5.56 Å². The maximum Gasteiger partial charge on any atom is 0.338 e. The van der Waals surface area contributed by atoms with Gasteiger partial charge >= 0.3 is 12.0 Å². The highest BCUT2D eigenvalue weighted by molar-refractivity contribution is 6.00. The second kappa shape index (κ2) is 8.39. The van der Waals surface area contributed by atoms with Crippen molar-refractivity contribution in [3.8, 4) is 11.5 Å². The van der Waals surface area contributed by atoms with Gasteiger partial charge in [-0.15, -0.1) is 0 Å². The van der Waals surface area contributed by atoms with Crippen LogP contribution in [0.3, 0.4) is 0 Å². The zero-order valence-corrected chi connectivity index (χ0v) is 17.0. The summed E-state index contributed by atoms with van der Waals surface area (Å²) in [7, 11) is 3.01. The van der Waals surface area contributed by atoms with Crippen molar-refractivity contribution in [2.75, 3.05) is 32.7 Å². The van der Waals surface area contributed by atoms with Crippen LogP contribution in [0.5, 0.6) is 11.5 Å². The van der Waals surface area contributed by atoms with Crippen LogP contribution in [-0.4, -0.2) is 50.2 Å². The number of carbonyl (C=O) groups excluding carboxylic acids is 3. The monoisotopic (exact) mass is 423 g/mol. The Hall–Kier alpha value is -4.01. The van der Waals surface area contributed by atoms with Crippen molar-refractivity contribution in [3.63, 3.8) is 0 Å². The first-order chi connectivity index (χ1) is 15.0. The first kappa shape index (κ1) is 20.3. The Bertz CT molecular complexity index is 1070. The second-order valence-corrected chi connectivity index (χ2v) is 6.93. The molecule has 160 valence electrons. The molecule has 2 N–H and O–H groups in total. The summed E-state index contributed by atoms with van der Waals surface area (Å²) in [6.45, 7) is -0.359. The molecule has 0 bridgehead atoms. The number of nitrogens with one attached hydrogen (secondary N) is 2. The smallest absolute Gasteiger partial charge is 0.338 e. The van der Waals surface area contributed by atoms with Crippen molar-refractivity contribution in [1.29, 1.82) is 0 Å². The fourth-order valence-electron chi connectivity index (χ4n) is 3.61. The van der Waals surface area contributed by atoms with Crippen LogP contribution in [0.4, 0.5) is 10.5 Å². The van der Waals surface area contributed by atoms with Gasteiger partial charge in [-0.25, -0.2) is 9.59 Å². The molecule has 0 radical (unpaired) electrons. The van der Waals surface area contributed by atoms with Crippen molar-refractivity contribution in [1.82, 2.24) is 10.2 Å². The Morgan fingerprint density at radius 2 is 1.94 bits per heavy atom. The molecule has 1 atom stereocenters. The lowest BCUT2D eigenvalue weighted by molar-refractivity contribution is -0.136. The van der Waals surface area contributed by atoms with Crippen molar-refractivity contribution in [2.45, 2.75) is 6.04 Å². The van der Waals surface area contributed by atoms with Gasteiger partial charge in [0.15, 0.2) is 0 Å². The van der Waals surface area contributed by atoms with E-state index in [1.807, 2.05) is 30.3 Å². The fraction of sp³-hybridized carbons (Fsp3) is 0.227. The van der Waals surface area contributed by atoms with Crippen LogP contribution >= 0.6 is 0 Å². The van der Waals surface area contributed by atoms with E-state index in [2.05, 4.69) is 10.6 Å². The third-order valence-corrected chi connectivity index (χ3v) is 5.12. The van der Waals surface area contributed by atoms with Gasteiger partial charge in [-0.3, -0.25) is 9.69 Å². The van der Waals surface area contributed by atoms with Gasteiger partial charge in [-0.2, -0.15) is 0 Å². The van der Waals surface area contributed by atoms with E-state index >= 15 is 0 Å². The average molecular weight is 423 g/mol. The van der Waals surface area contributed by atoms with Gasteiger partial charge in [0.05, 0.1) is 37.2 Å². The highest BCUT2D eigenvalue weighted by atomic mass is 16.5. The van der Waals surface area contributed by atoms with Crippen molar-refractivity contribution in [3.05, 3.63) is 65.4 Å². The van der Waals surface area contributed by atoms with Crippen LogP contribution in [0, 0.1) is 0 Å². The van der Waals surface area contributed by atoms with E-state index in [1.165, 1.54) is 19.1 Å². The molecule has 2 heterocycles. The third-order valence-electron chi connectivity index (χ3n) is 5.12. The molecule has 0 saturated carbocycles. The van der Waals surface area contributed by atoms with Crippen LogP contribution in [0.2, 0.25) is 0 Å². The molecule has 0 saturated heterocycles. The summed E-state index contributed by atoms with van der Waals surface area (Å²) in [5, 5.41) is 5.52. The van der Waals surface area contributed by atoms with Gasteiger partial charge in [-0.1, -0.05) is 30.3 Å². The van der Waals surface area contributed by atoms with Crippen LogP contribution in [0.15, 0.2) is 59.8 Å². The zero-order chi connectivity index (χ0) is 22.0. The van der Waals surface area contributed by atoms with E-state index in [-0.39, 0.29) is 13.2 Å². The van der Waals surface area contributed by atoms with Crippen LogP contribution in [0.1, 0.15) is 11.6 Å². The molecular weight excluding hydrogens is 402 g/mol. The Balaban J connectivity index is 1.57. The number of ether oxygens (including phenoxy) is 3. The number of nitrogens with zero attached hydrogens (tertiary/aromatic N) is 1. The molecular formula is C22H21N3O6. The Kier molecular flexibility index (Phi) is 5.48. The molecule has 4 rings (SSSR count). The SMILES string of the molecule is COc1ccc(NC(=O)CN2C(=O)N[C@@H](c3ccccc3)C3=C2COC3=O)c(OC)c1. The number of hydrogen-bond acceptors (Lipinski definition) is 6. The summed E-state index contributed by atoms with van der Waals surface area (Å²) >= 11 is 0. The highest BCUT2D eigenvalue weighted by Gasteiger charge is 2.42. The molecule has 9 nitrogen and oxygen atoms in total. The molecule has 2 aliphatic heterocycles. The van der Waals surface area contributed by atoms with Gasteiger partial charge in [0.25, 0.3) is 0 Å². The normalized spacial score (nSPS) is 17.6. The zero-order valence-electron chi connectivity index (χ0n) is 17.0. The molecule has 2 aliphatic rings. The average Bonchev–Trinajstić information content (AvgIpc) is 3.17. The lowest BCUT2D eigenvalue weighted by Gasteiger charge is -2.32. The summed E-state index contributed by atoms with van der Waals surface area (Å²) in [4.78, 5) is 39.1. The summed E-state index contributed by atoms with van der Waals surface area (Å²) in [5.41, 5.74) is 1.91. The molecule has 2 aromatic rings. The van der Waals surface area contributed by atoms with Crippen LogP contribution in [-0.2, 0) is 14.3 Å². The summed E-state index contributed by atoms with van der Waals surface area (Å²) in [6, 6.07) is 13.0. The molecule has 0 unspecified atom stereocenters. The number of esters is 1. The molecule has 3 amide bonds. The van der Waals surface area contributed by atoms with Gasteiger partial charge < -0.3 is 24.8 Å². The number of benzene rings is 2. The minimum atomic E-state index is -0.625. The van der Waals surface area contributed by atoms with Crippen molar-refractivity contribution in [2.24, 2.45) is 0 Å². The minimum absolute atomic E-state index is 0.0654. The van der Waals surface area contributed by atoms with E-state index in [0.29, 0.717) is 28.5 Å². The first-order valence-electron chi connectivity index (χ1n) is 9.57. The number of hydrogen-bond donors (Lipinski definition) is 2. The van der Waals surface area contributed by atoms with E-state index < -0.39 is 23.9 Å². The van der Waals surface area contributed by atoms with Gasteiger partial charge in [-0.05, 0) is 17.7 Å². The number of urea groups is 1. The predicted octanol–water partition coefficient (Wildman–Crippen LogP) is 2.22. The predicted molar refractivity (Wildman–Crippen MR) is 111 cm³/mol. The Labute approximate surface area is 178 Å². The van der Waals surface area contributed by atoms with E-state index in [4.69, 9.17) is 14.2 Å². The topological polar surface area (TPSA) is 106 Å². The Morgan fingerprint density at radius 1 is 1.16 bits per heavy atom. The van der Waals surface area contributed by atoms with Gasteiger partial charge in [0, 0.05) is 6.07 Å². The second-order valence-electron chi connectivity index (χ2n) is 6.93. The Morgan fingerprint density at radius 3 is 2.65 bits per heavy atom. The standard InChI is InChI=1S/C22H21N3O6/c1-29-14-8-9-15(17(10-14)30-2)23-18(26)11-25-16-12-31-21(27)19(16)20(24-22(25)28)13-6-4-3-5-7-13/h3-10,20H,11-12H2,1-2H3,(H,23,26)(H,24,28)/t20-/m0/s1. The maximum atomic E-state index is 12.8. The van der Waals surface area contributed by atoms with Crippen LogP contribution in [0.25, 0.3) is 0 Å². The fourth-order valence-corrected chi connectivity index (χ4v) is 3.61. The molecule has 9 heteroatoms. The number of carbonyl (C=O) groups is 3. The van der Waals surface area contributed by atoms with Gasteiger partial charge in [0.2, 0.25) is 5.91 Å². The molecule has 31 heavy (non-hydrogen) atoms. The van der Waals surface area contributed by atoms with Crippen LogP contribution < -0.4 is 20.1 Å². The van der Waals surface area contributed by atoms with Gasteiger partial charge in [0.1, 0.15) is 24.7 Å². The molecule has 2 aromatic carbocycles. The van der Waals surface area contributed by atoms with Crippen molar-refractivity contribution < 1.29 is 28.6 Å². The quantitative estimate of drug-likeness (QED) is 0.690. The number of methoxy groups -OCH3 is 2. The highest BCUT2D eigenvalue weighted by Crippen LogP contribution is 2.35. The number of rotatable bonds is 6.